The van der Waals surface area contributed by atoms with Crippen molar-refractivity contribution in [2.45, 2.75) is 253 Å². The number of aliphatic hydroxyl groups excluding tert-OH is 1. The summed E-state index contributed by atoms with van der Waals surface area (Å²) >= 11 is 0. The Balaban J connectivity index is 1.66. The molecular formula is C59H102N12O13. The number of nitrogens with one attached hydrogen (secondary N) is 9. The van der Waals surface area contributed by atoms with Crippen molar-refractivity contribution < 1.29 is 62.6 Å². The standard InChI is InChI=1S/C59H102N12O13/c1-32(2)28-38(31-72)62-51(80)44(35(7)8)64-49(78)42-23-20-26-70(42)53(82)57(13,14)65-45(74)36(9)60-48(77)41-22-19-25-69(41)54(83)58(15,16)67-47(76)40(30-34(5)6)63-52(81)56(11,12)68-50(79)43-24-21-27-71(43)55(84)59(17,18)66-46(75)39(29-33(3)4)61-37(10)73/h32-36,38-44,72H,19-31H2,1-18H3,(H,60,77)(H,61,73)(H,62,80)(H,63,81)(H,64,78)(H,65,74)(H,66,75)(H,67,76)(H,68,79)/t36-,38+,39-,40-,41+,42+,43+,44+/m0/s1. The predicted molar refractivity (Wildman–Crippen MR) is 314 cm³/mol. The number of nitrogens with zero attached hydrogens (tertiary/aromatic N) is 3. The van der Waals surface area contributed by atoms with E-state index in [4.69, 9.17) is 0 Å². The minimum Gasteiger partial charge on any atom is -0.394 e. The normalized spacial score (nSPS) is 19.5. The molecule has 84 heavy (non-hydrogen) atoms. The minimum absolute atomic E-state index is 0.0573. The molecule has 0 bridgehead atoms. The first kappa shape index (κ1) is 71.9. The van der Waals surface area contributed by atoms with Gasteiger partial charge >= 0.3 is 0 Å². The summed E-state index contributed by atoms with van der Waals surface area (Å²) in [6, 6.07) is -7.66. The maximum Gasteiger partial charge on any atom is 0.248 e. The van der Waals surface area contributed by atoms with Crippen LogP contribution in [-0.2, 0) is 57.5 Å². The second-order valence-electron chi connectivity index (χ2n) is 26.9. The number of likely N-dealkylation sites (tertiary alicyclic amines) is 3. The van der Waals surface area contributed by atoms with E-state index in [1.54, 1.807) is 13.8 Å². The first-order chi connectivity index (χ1) is 38.7. The summed E-state index contributed by atoms with van der Waals surface area (Å²) in [5.41, 5.74) is -6.27. The number of carbonyl (C=O) groups excluding carboxylic acids is 12. The zero-order valence-corrected chi connectivity index (χ0v) is 53.3. The van der Waals surface area contributed by atoms with E-state index < -0.39 is 141 Å². The first-order valence-corrected chi connectivity index (χ1v) is 30.0. The zero-order valence-electron chi connectivity index (χ0n) is 53.3. The quantitative estimate of drug-likeness (QED) is 0.0519. The number of rotatable bonds is 28. The largest absolute Gasteiger partial charge is 0.394 e. The molecule has 3 rings (SSSR count). The monoisotopic (exact) mass is 1190 g/mol. The van der Waals surface area contributed by atoms with Crippen LogP contribution in [0.2, 0.25) is 0 Å². The lowest BCUT2D eigenvalue weighted by Gasteiger charge is -2.36. The second kappa shape index (κ2) is 30.1. The zero-order chi connectivity index (χ0) is 64.1. The Hall–Kier alpha value is -6.40. The fourth-order valence-corrected chi connectivity index (χ4v) is 10.9. The molecule has 25 nitrogen and oxygen atoms in total. The van der Waals surface area contributed by atoms with Gasteiger partial charge in [-0.1, -0.05) is 55.4 Å². The molecule has 0 aromatic heterocycles. The smallest absolute Gasteiger partial charge is 0.248 e. The maximum absolute atomic E-state index is 14.3. The van der Waals surface area contributed by atoms with E-state index in [2.05, 4.69) is 47.9 Å². The molecule has 0 saturated carbocycles. The molecule has 3 heterocycles. The summed E-state index contributed by atoms with van der Waals surface area (Å²) in [5, 5.41) is 34.5. The average molecular weight is 1190 g/mol. The summed E-state index contributed by atoms with van der Waals surface area (Å²) in [7, 11) is 0. The number of amides is 12. The lowest BCUT2D eigenvalue weighted by atomic mass is 9.97. The topological polar surface area (TPSA) is 343 Å². The molecular weight excluding hydrogens is 1080 g/mol. The van der Waals surface area contributed by atoms with Crippen molar-refractivity contribution in [3.8, 4) is 0 Å². The number of hydrogen-bond acceptors (Lipinski definition) is 13. The highest BCUT2D eigenvalue weighted by Gasteiger charge is 2.48. The number of aliphatic hydroxyl groups is 1. The van der Waals surface area contributed by atoms with Crippen LogP contribution >= 0.6 is 0 Å². The SMILES string of the molecule is CC(=O)N[C@@H](CC(C)C)C(=O)NC(C)(C)C(=O)N1CCC[C@@H]1C(=O)NC(C)(C)C(=O)N[C@@H](CC(C)C)C(=O)NC(C)(C)C(=O)N1CCC[C@@H]1C(=O)N[C@@H](C)C(=O)NC(C)(C)C(=O)N1CCC[C@@H]1C(=O)N[C@@H](C(=O)N[C@@H](CO)CC(C)C)C(C)C. The molecule has 10 N–H and O–H groups in total. The van der Waals surface area contributed by atoms with Crippen LogP contribution < -0.4 is 47.9 Å². The van der Waals surface area contributed by atoms with Crippen LogP contribution in [0.1, 0.15) is 182 Å². The summed E-state index contributed by atoms with van der Waals surface area (Å²) in [6.07, 6.45) is 3.23. The lowest BCUT2D eigenvalue weighted by molar-refractivity contribution is -0.146. The second-order valence-corrected chi connectivity index (χ2v) is 26.9. The molecule has 0 aliphatic carbocycles. The van der Waals surface area contributed by atoms with Crippen molar-refractivity contribution in [3.63, 3.8) is 0 Å². The third-order valence-corrected chi connectivity index (χ3v) is 15.4. The summed E-state index contributed by atoms with van der Waals surface area (Å²) in [4.78, 5) is 169. The highest BCUT2D eigenvalue weighted by molar-refractivity contribution is 6.01. The van der Waals surface area contributed by atoms with Gasteiger partial charge in [0.25, 0.3) is 0 Å². The molecule has 25 heteroatoms. The van der Waals surface area contributed by atoms with E-state index in [0.29, 0.717) is 38.5 Å². The predicted octanol–water partition coefficient (Wildman–Crippen LogP) is 0.789. The molecule has 3 aliphatic rings. The summed E-state index contributed by atoms with van der Waals surface area (Å²) in [6.45, 7) is 29.8. The van der Waals surface area contributed by atoms with Crippen LogP contribution in [0.15, 0.2) is 0 Å². The van der Waals surface area contributed by atoms with Crippen molar-refractivity contribution in [2.75, 3.05) is 26.2 Å². The van der Waals surface area contributed by atoms with Crippen LogP contribution in [-0.4, -0.2) is 187 Å². The van der Waals surface area contributed by atoms with Crippen molar-refractivity contribution in [3.05, 3.63) is 0 Å². The van der Waals surface area contributed by atoms with E-state index in [1.807, 2.05) is 41.5 Å². The van der Waals surface area contributed by atoms with E-state index in [0.717, 1.165) is 0 Å². The molecule has 0 unspecified atom stereocenters. The van der Waals surface area contributed by atoms with Crippen molar-refractivity contribution in [1.29, 1.82) is 0 Å². The van der Waals surface area contributed by atoms with Crippen LogP contribution in [0.25, 0.3) is 0 Å². The highest BCUT2D eigenvalue weighted by atomic mass is 16.3. The Labute approximate surface area is 497 Å². The van der Waals surface area contributed by atoms with Gasteiger partial charge in [0.1, 0.15) is 64.4 Å². The van der Waals surface area contributed by atoms with Crippen LogP contribution in [0.5, 0.6) is 0 Å². The van der Waals surface area contributed by atoms with Crippen molar-refractivity contribution in [2.24, 2.45) is 23.7 Å². The minimum atomic E-state index is -1.62. The Morgan fingerprint density at radius 2 is 0.810 bits per heavy atom. The van der Waals surface area contributed by atoms with Gasteiger partial charge < -0.3 is 67.7 Å². The van der Waals surface area contributed by atoms with Crippen molar-refractivity contribution >= 4 is 70.9 Å². The van der Waals surface area contributed by atoms with Gasteiger partial charge in [0.05, 0.1) is 12.6 Å². The average Bonchev–Trinajstić information content (AvgIpc) is 4.05. The molecule has 0 radical (unpaired) electrons. The van der Waals surface area contributed by atoms with E-state index in [9.17, 15) is 62.6 Å². The van der Waals surface area contributed by atoms with E-state index in [1.165, 1.54) is 83.9 Å². The Bertz CT molecular complexity index is 2420. The van der Waals surface area contributed by atoms with Crippen molar-refractivity contribution in [1.82, 2.24) is 62.6 Å². The fourth-order valence-electron chi connectivity index (χ4n) is 10.9. The molecule has 3 fully saturated rings. The maximum atomic E-state index is 14.3. The molecule has 12 amide bonds. The summed E-state index contributed by atoms with van der Waals surface area (Å²) in [5.74, 6) is -7.23. The van der Waals surface area contributed by atoms with E-state index in [-0.39, 0.29) is 69.2 Å². The first-order valence-electron chi connectivity index (χ1n) is 30.0. The fraction of sp³-hybridized carbons (Fsp3) is 0.797. The van der Waals surface area contributed by atoms with Gasteiger partial charge in [-0.05, 0) is 144 Å². The molecule has 3 saturated heterocycles. The van der Waals surface area contributed by atoms with E-state index >= 15 is 0 Å². The Morgan fingerprint density at radius 1 is 0.440 bits per heavy atom. The molecule has 3 aliphatic heterocycles. The molecule has 476 valence electrons. The van der Waals surface area contributed by atoms with Gasteiger partial charge in [-0.2, -0.15) is 0 Å². The molecule has 0 aromatic carbocycles. The van der Waals surface area contributed by atoms with Crippen LogP contribution in [0.3, 0.4) is 0 Å². The third-order valence-electron chi connectivity index (χ3n) is 15.4. The highest BCUT2D eigenvalue weighted by Crippen LogP contribution is 2.26. The van der Waals surface area contributed by atoms with Gasteiger partial charge in [-0.15, -0.1) is 0 Å². The molecule has 8 atom stereocenters. The van der Waals surface area contributed by atoms with Crippen LogP contribution in [0.4, 0.5) is 0 Å². The van der Waals surface area contributed by atoms with Crippen LogP contribution in [0, 0.1) is 23.7 Å². The third kappa shape index (κ3) is 19.8. The van der Waals surface area contributed by atoms with Gasteiger partial charge in [-0.3, -0.25) is 57.5 Å². The number of carbonyl (C=O) groups is 12. The van der Waals surface area contributed by atoms with Gasteiger partial charge in [0.15, 0.2) is 0 Å². The molecule has 0 spiro atoms. The van der Waals surface area contributed by atoms with Gasteiger partial charge in [-0.25, -0.2) is 0 Å². The Kier molecular flexibility index (Phi) is 25.8. The van der Waals surface area contributed by atoms with Gasteiger partial charge in [0, 0.05) is 26.6 Å². The summed E-state index contributed by atoms with van der Waals surface area (Å²) < 4.78 is 0. The lowest BCUT2D eigenvalue weighted by Crippen LogP contribution is -2.65. The molecule has 0 aromatic rings. The number of hydrogen-bond donors (Lipinski definition) is 10. The van der Waals surface area contributed by atoms with Gasteiger partial charge in [0.2, 0.25) is 70.9 Å². The Morgan fingerprint density at radius 3 is 1.18 bits per heavy atom.